The Morgan fingerprint density at radius 2 is 1.96 bits per heavy atom. The molecule has 25 heavy (non-hydrogen) atoms. The highest BCUT2D eigenvalue weighted by Gasteiger charge is 2.11. The molecule has 0 unspecified atom stereocenters. The third-order valence-corrected chi connectivity index (χ3v) is 4.45. The van der Waals surface area contributed by atoms with E-state index in [0.29, 0.717) is 5.56 Å². The fourth-order valence-corrected chi connectivity index (χ4v) is 3.01. The molecule has 2 aromatic carbocycles. The van der Waals surface area contributed by atoms with Gasteiger partial charge in [-0.15, -0.1) is 0 Å². The maximum absolute atomic E-state index is 12.1. The SMILES string of the molecule is O=C(NN=Cc1cccc(Br)c1)c1ccc(CN2CCOCC2)cc1. The van der Waals surface area contributed by atoms with E-state index >= 15 is 0 Å². The van der Waals surface area contributed by atoms with Crippen LogP contribution in [0.5, 0.6) is 0 Å². The lowest BCUT2D eigenvalue weighted by Crippen LogP contribution is -2.35. The summed E-state index contributed by atoms with van der Waals surface area (Å²) in [5.74, 6) is -0.218. The van der Waals surface area contributed by atoms with Gasteiger partial charge in [-0.3, -0.25) is 9.69 Å². The molecule has 1 aliphatic rings. The van der Waals surface area contributed by atoms with Gasteiger partial charge in [-0.2, -0.15) is 5.10 Å². The standard InChI is InChI=1S/C19H20BrN3O2/c20-18-3-1-2-16(12-18)13-21-22-19(24)17-6-4-15(5-7-17)14-23-8-10-25-11-9-23/h1-7,12-13H,8-11,14H2,(H,22,24). The van der Waals surface area contributed by atoms with Gasteiger partial charge >= 0.3 is 0 Å². The summed E-state index contributed by atoms with van der Waals surface area (Å²) in [6, 6.07) is 15.3. The highest BCUT2D eigenvalue weighted by Crippen LogP contribution is 2.11. The lowest BCUT2D eigenvalue weighted by atomic mass is 10.1. The fourth-order valence-electron chi connectivity index (χ4n) is 2.60. The molecule has 0 saturated carbocycles. The van der Waals surface area contributed by atoms with Crippen LogP contribution >= 0.6 is 15.9 Å². The van der Waals surface area contributed by atoms with Gasteiger partial charge in [-0.05, 0) is 35.4 Å². The van der Waals surface area contributed by atoms with E-state index in [1.165, 1.54) is 5.56 Å². The third-order valence-electron chi connectivity index (χ3n) is 3.95. The zero-order valence-electron chi connectivity index (χ0n) is 13.8. The van der Waals surface area contributed by atoms with Crippen LogP contribution in [-0.2, 0) is 11.3 Å². The Kier molecular flexibility index (Phi) is 6.33. The number of carbonyl (C=O) groups is 1. The Bertz CT molecular complexity index is 741. The van der Waals surface area contributed by atoms with Gasteiger partial charge in [0, 0.05) is 29.7 Å². The summed E-state index contributed by atoms with van der Waals surface area (Å²) in [7, 11) is 0. The first-order valence-corrected chi connectivity index (χ1v) is 8.98. The Morgan fingerprint density at radius 1 is 1.20 bits per heavy atom. The van der Waals surface area contributed by atoms with Crippen LogP contribution in [0.4, 0.5) is 0 Å². The molecular formula is C19H20BrN3O2. The van der Waals surface area contributed by atoms with Crippen LogP contribution in [0.15, 0.2) is 58.1 Å². The lowest BCUT2D eigenvalue weighted by Gasteiger charge is -2.26. The number of halogens is 1. The molecule has 0 bridgehead atoms. The van der Waals surface area contributed by atoms with Crippen LogP contribution in [0.25, 0.3) is 0 Å². The third kappa shape index (κ3) is 5.49. The minimum Gasteiger partial charge on any atom is -0.379 e. The maximum atomic E-state index is 12.1. The predicted molar refractivity (Wildman–Crippen MR) is 102 cm³/mol. The van der Waals surface area contributed by atoms with Crippen molar-refractivity contribution in [2.45, 2.75) is 6.54 Å². The average Bonchev–Trinajstić information content (AvgIpc) is 2.63. The van der Waals surface area contributed by atoms with E-state index in [1.807, 2.05) is 48.5 Å². The number of amides is 1. The van der Waals surface area contributed by atoms with Gasteiger partial charge in [-0.1, -0.05) is 40.2 Å². The van der Waals surface area contributed by atoms with Gasteiger partial charge in [0.1, 0.15) is 0 Å². The van der Waals surface area contributed by atoms with E-state index in [9.17, 15) is 4.79 Å². The second kappa shape index (κ2) is 8.89. The van der Waals surface area contributed by atoms with Crippen molar-refractivity contribution in [1.82, 2.24) is 10.3 Å². The number of rotatable bonds is 5. The number of carbonyl (C=O) groups excluding carboxylic acids is 1. The maximum Gasteiger partial charge on any atom is 0.271 e. The summed E-state index contributed by atoms with van der Waals surface area (Å²) < 4.78 is 6.32. The van der Waals surface area contributed by atoms with Gasteiger partial charge < -0.3 is 4.74 Å². The Balaban J connectivity index is 1.53. The molecule has 6 heteroatoms. The Labute approximate surface area is 155 Å². The smallest absolute Gasteiger partial charge is 0.271 e. The molecule has 130 valence electrons. The monoisotopic (exact) mass is 401 g/mol. The van der Waals surface area contributed by atoms with E-state index < -0.39 is 0 Å². The predicted octanol–water partition coefficient (Wildman–Crippen LogP) is 3.05. The first-order valence-electron chi connectivity index (χ1n) is 8.19. The minimum absolute atomic E-state index is 0.218. The molecule has 0 atom stereocenters. The number of ether oxygens (including phenoxy) is 1. The summed E-state index contributed by atoms with van der Waals surface area (Å²) in [5, 5.41) is 4.01. The van der Waals surface area contributed by atoms with Crippen molar-refractivity contribution in [1.29, 1.82) is 0 Å². The van der Waals surface area contributed by atoms with Crippen LogP contribution in [0.2, 0.25) is 0 Å². The number of hydrogen-bond donors (Lipinski definition) is 1. The molecule has 0 aromatic heterocycles. The first-order chi connectivity index (χ1) is 12.2. The van der Waals surface area contributed by atoms with Crippen molar-refractivity contribution in [2.75, 3.05) is 26.3 Å². The van der Waals surface area contributed by atoms with E-state index in [0.717, 1.165) is 42.9 Å². The van der Waals surface area contributed by atoms with Crippen molar-refractivity contribution < 1.29 is 9.53 Å². The van der Waals surface area contributed by atoms with Crippen molar-refractivity contribution in [3.63, 3.8) is 0 Å². The normalized spacial score (nSPS) is 15.4. The number of benzene rings is 2. The second-order valence-electron chi connectivity index (χ2n) is 5.84. The highest BCUT2D eigenvalue weighted by molar-refractivity contribution is 9.10. The van der Waals surface area contributed by atoms with Crippen LogP contribution < -0.4 is 5.43 Å². The molecule has 5 nitrogen and oxygen atoms in total. The molecule has 0 aliphatic carbocycles. The van der Waals surface area contributed by atoms with Gasteiger partial charge in [-0.25, -0.2) is 5.43 Å². The molecule has 3 rings (SSSR count). The van der Waals surface area contributed by atoms with Gasteiger partial charge in [0.2, 0.25) is 0 Å². The zero-order chi connectivity index (χ0) is 17.5. The van der Waals surface area contributed by atoms with Gasteiger partial charge in [0.15, 0.2) is 0 Å². The van der Waals surface area contributed by atoms with E-state index in [1.54, 1.807) is 6.21 Å². The van der Waals surface area contributed by atoms with Gasteiger partial charge in [0.25, 0.3) is 5.91 Å². The summed E-state index contributed by atoms with van der Waals surface area (Å²) in [6.45, 7) is 4.36. The molecular weight excluding hydrogens is 382 g/mol. The number of nitrogens with one attached hydrogen (secondary N) is 1. The lowest BCUT2D eigenvalue weighted by molar-refractivity contribution is 0.0342. The second-order valence-corrected chi connectivity index (χ2v) is 6.76. The molecule has 1 N–H and O–H groups in total. The highest BCUT2D eigenvalue weighted by atomic mass is 79.9. The van der Waals surface area contributed by atoms with Crippen LogP contribution in [-0.4, -0.2) is 43.3 Å². The van der Waals surface area contributed by atoms with Crippen molar-refractivity contribution in [3.05, 3.63) is 69.7 Å². The van der Waals surface area contributed by atoms with E-state index in [-0.39, 0.29) is 5.91 Å². The Hall–Kier alpha value is -2.02. The molecule has 1 aliphatic heterocycles. The largest absolute Gasteiger partial charge is 0.379 e. The molecule has 1 amide bonds. The Morgan fingerprint density at radius 3 is 2.68 bits per heavy atom. The van der Waals surface area contributed by atoms with Crippen molar-refractivity contribution in [3.8, 4) is 0 Å². The molecule has 2 aromatic rings. The summed E-state index contributed by atoms with van der Waals surface area (Å²) in [5.41, 5.74) is 5.25. The summed E-state index contributed by atoms with van der Waals surface area (Å²) in [4.78, 5) is 14.5. The fraction of sp³-hybridized carbons (Fsp3) is 0.263. The van der Waals surface area contributed by atoms with E-state index in [4.69, 9.17) is 4.74 Å². The molecule has 0 radical (unpaired) electrons. The minimum atomic E-state index is -0.218. The van der Waals surface area contributed by atoms with Crippen LogP contribution in [0.1, 0.15) is 21.5 Å². The van der Waals surface area contributed by atoms with Crippen LogP contribution in [0, 0.1) is 0 Å². The first kappa shape index (κ1) is 17.8. The zero-order valence-corrected chi connectivity index (χ0v) is 15.4. The molecule has 0 spiro atoms. The molecule has 1 saturated heterocycles. The van der Waals surface area contributed by atoms with Crippen molar-refractivity contribution in [2.24, 2.45) is 5.10 Å². The quantitative estimate of drug-likeness (QED) is 0.618. The molecule has 1 heterocycles. The topological polar surface area (TPSA) is 53.9 Å². The summed E-state index contributed by atoms with van der Waals surface area (Å²) in [6.07, 6.45) is 1.62. The van der Waals surface area contributed by atoms with Crippen LogP contribution in [0.3, 0.4) is 0 Å². The number of morpholine rings is 1. The summed E-state index contributed by atoms with van der Waals surface area (Å²) >= 11 is 3.40. The number of hydrogen-bond acceptors (Lipinski definition) is 4. The average molecular weight is 402 g/mol. The van der Waals surface area contributed by atoms with Gasteiger partial charge in [0.05, 0.1) is 19.4 Å². The van der Waals surface area contributed by atoms with Crippen molar-refractivity contribution >= 4 is 28.1 Å². The number of nitrogens with zero attached hydrogens (tertiary/aromatic N) is 2. The number of hydrazone groups is 1. The van der Waals surface area contributed by atoms with E-state index in [2.05, 4.69) is 31.4 Å². The molecule has 1 fully saturated rings.